The van der Waals surface area contributed by atoms with Gasteiger partial charge >= 0.3 is 0 Å². The van der Waals surface area contributed by atoms with Crippen molar-refractivity contribution in [2.24, 2.45) is 5.92 Å². The molecule has 3 amide bonds. The minimum Gasteiger partial charge on any atom is -0.337 e. The van der Waals surface area contributed by atoms with Gasteiger partial charge in [0.25, 0.3) is 11.8 Å². The number of hydrogen-bond acceptors (Lipinski definition) is 8. The van der Waals surface area contributed by atoms with Crippen LogP contribution in [0.5, 0.6) is 0 Å². The summed E-state index contributed by atoms with van der Waals surface area (Å²) in [5.74, 6) is -3.68. The summed E-state index contributed by atoms with van der Waals surface area (Å²) in [7, 11) is 0. The number of halogens is 3. The number of piperazine rings is 1. The topological polar surface area (TPSA) is 102 Å². The van der Waals surface area contributed by atoms with Gasteiger partial charge < -0.3 is 10.2 Å². The number of imide groups is 1. The van der Waals surface area contributed by atoms with Crippen molar-refractivity contribution >= 4 is 40.3 Å². The molecule has 2 aliphatic heterocycles. The molecule has 8 rings (SSSR count). The monoisotopic (exact) mass is 943 g/mol. The molecule has 4 heterocycles. The number of benzene rings is 2. The summed E-state index contributed by atoms with van der Waals surface area (Å²) < 4.78 is 27.4. The van der Waals surface area contributed by atoms with Crippen molar-refractivity contribution < 1.29 is 23.2 Å². The fourth-order valence-electron chi connectivity index (χ4n) is 9.77. The molecule has 4 aliphatic rings. The molecule has 0 spiro atoms. The van der Waals surface area contributed by atoms with Gasteiger partial charge in [-0.2, -0.15) is 0 Å². The number of hydrogen-bond donors (Lipinski definition) is 1. The second-order valence-corrected chi connectivity index (χ2v) is 19.1. The molecule has 10 nitrogen and oxygen atoms in total. The second kappa shape index (κ2) is 19.5. The molecule has 3 atom stereocenters. The normalized spacial score (nSPS) is 21.9. The number of unbranched alkanes of at least 4 members (excludes halogenated alkanes) is 1. The molecule has 0 bridgehead atoms. The van der Waals surface area contributed by atoms with Crippen molar-refractivity contribution in [3.8, 4) is 0 Å². The van der Waals surface area contributed by atoms with Gasteiger partial charge in [0.1, 0.15) is 3.55 Å². The number of aromatic nitrogens is 2. The van der Waals surface area contributed by atoms with Gasteiger partial charge in [-0.25, -0.2) is 8.78 Å². The summed E-state index contributed by atoms with van der Waals surface area (Å²) in [6.45, 7) is 6.09. The molecule has 2 aromatic carbocycles. The first-order valence-corrected chi connectivity index (χ1v) is 23.1. The van der Waals surface area contributed by atoms with Gasteiger partial charge in [-0.3, -0.25) is 39.1 Å². The smallest absolute Gasteiger partial charge is 0.261 e. The maximum atomic E-state index is 14.0. The standard InChI is InChI=1S/C48H56F2IN7O3/c49-47(50)21-17-37(18-22-47)44(59)54-48(51,38-12-2-1-3-13-38)23-29-55-30-31-56(32-35-19-25-52-26-20-35)39(33-55)34-57(42-16-8-10-36-11-9-24-53-43(36)42)27-6-7-28-58-45(60)40-14-4-5-15-41(40)46(58)61/h1-5,9,11-15,19-20,24-26,37,39,42H,6-8,10,16-18,21-23,27-34H2,(H,54,59)/t39-,42+,48?/m1/s1. The largest absolute Gasteiger partial charge is 0.337 e. The van der Waals surface area contributed by atoms with E-state index in [0.29, 0.717) is 30.5 Å². The minimum absolute atomic E-state index is 0.145. The molecule has 2 aromatic heterocycles. The zero-order chi connectivity index (χ0) is 42.4. The molecule has 322 valence electrons. The number of alkyl halides is 3. The lowest BCUT2D eigenvalue weighted by Crippen LogP contribution is -2.57. The van der Waals surface area contributed by atoms with Gasteiger partial charge in [-0.1, -0.05) is 48.5 Å². The molecule has 1 unspecified atom stereocenters. The van der Waals surface area contributed by atoms with Crippen LogP contribution < -0.4 is 5.32 Å². The third kappa shape index (κ3) is 10.4. The molecule has 1 N–H and O–H groups in total. The number of amides is 3. The van der Waals surface area contributed by atoms with E-state index in [0.717, 1.165) is 82.8 Å². The Labute approximate surface area is 371 Å². The SMILES string of the molecule is O=C(NC(I)(CCN1CCN(Cc2ccncc2)[C@@H](CN(CCCCN2C(=O)c3ccccc3C2=O)[C@H]2CCCc3cccnc32)C1)c1ccccc1)C1CCC(F)(F)CC1. The lowest BCUT2D eigenvalue weighted by Gasteiger charge is -2.46. The first-order valence-electron chi connectivity index (χ1n) is 22.0. The maximum Gasteiger partial charge on any atom is 0.261 e. The van der Waals surface area contributed by atoms with Gasteiger partial charge in [-0.15, -0.1) is 0 Å². The fourth-order valence-corrected chi connectivity index (χ4v) is 10.6. The van der Waals surface area contributed by atoms with Crippen LogP contribution in [0.2, 0.25) is 0 Å². The second-order valence-electron chi connectivity index (χ2n) is 17.3. The van der Waals surface area contributed by atoms with Gasteiger partial charge in [-0.05, 0) is 128 Å². The van der Waals surface area contributed by atoms with Crippen LogP contribution in [0.25, 0.3) is 0 Å². The Balaban J connectivity index is 0.994. The van der Waals surface area contributed by atoms with Gasteiger partial charge in [0.05, 0.1) is 22.9 Å². The van der Waals surface area contributed by atoms with Crippen LogP contribution in [-0.4, -0.2) is 105 Å². The van der Waals surface area contributed by atoms with Crippen LogP contribution in [0.1, 0.15) is 107 Å². The number of nitrogens with zero attached hydrogens (tertiary/aromatic N) is 6. The molecule has 4 aromatic rings. The Hall–Kier alpha value is -4.18. The van der Waals surface area contributed by atoms with Gasteiger partial charge in [0, 0.05) is 89.2 Å². The van der Waals surface area contributed by atoms with Crippen LogP contribution in [0.3, 0.4) is 0 Å². The van der Waals surface area contributed by atoms with Crippen LogP contribution in [-0.2, 0) is 21.3 Å². The van der Waals surface area contributed by atoms with E-state index in [1.165, 1.54) is 16.0 Å². The number of pyridine rings is 2. The Morgan fingerprint density at radius 3 is 2.33 bits per heavy atom. The number of carbonyl (C=O) groups is 3. The highest BCUT2D eigenvalue weighted by Gasteiger charge is 2.41. The van der Waals surface area contributed by atoms with Crippen molar-refractivity contribution in [1.82, 2.24) is 34.9 Å². The predicted octanol–water partition coefficient (Wildman–Crippen LogP) is 8.04. The van der Waals surface area contributed by atoms with Crippen molar-refractivity contribution in [3.05, 3.63) is 131 Å². The number of nitrogens with one attached hydrogen (secondary N) is 1. The lowest BCUT2D eigenvalue weighted by molar-refractivity contribution is -0.130. The highest BCUT2D eigenvalue weighted by Crippen LogP contribution is 2.39. The number of rotatable bonds is 16. The zero-order valence-electron chi connectivity index (χ0n) is 34.7. The van der Waals surface area contributed by atoms with E-state index in [1.807, 2.05) is 55.0 Å². The van der Waals surface area contributed by atoms with Crippen molar-refractivity contribution in [2.45, 2.75) is 92.3 Å². The van der Waals surface area contributed by atoms with E-state index in [9.17, 15) is 23.2 Å². The van der Waals surface area contributed by atoms with E-state index in [-0.39, 0.29) is 55.5 Å². The van der Waals surface area contributed by atoms with Crippen LogP contribution in [0.15, 0.2) is 97.5 Å². The third-order valence-electron chi connectivity index (χ3n) is 13.2. The Kier molecular flexibility index (Phi) is 13.9. The van der Waals surface area contributed by atoms with E-state index in [1.54, 1.807) is 24.3 Å². The maximum absolute atomic E-state index is 14.0. The predicted molar refractivity (Wildman–Crippen MR) is 239 cm³/mol. The zero-order valence-corrected chi connectivity index (χ0v) is 36.9. The summed E-state index contributed by atoms with van der Waals surface area (Å²) in [6.07, 6.45) is 10.8. The third-order valence-corrected chi connectivity index (χ3v) is 14.7. The Morgan fingerprint density at radius 1 is 0.869 bits per heavy atom. The summed E-state index contributed by atoms with van der Waals surface area (Å²) in [5.41, 5.74) is 5.63. The molecular formula is C48H56F2IN7O3. The first kappa shape index (κ1) is 43.5. The molecule has 1 saturated carbocycles. The summed E-state index contributed by atoms with van der Waals surface area (Å²) in [6, 6.07) is 25.8. The van der Waals surface area contributed by atoms with Crippen LogP contribution in [0.4, 0.5) is 8.78 Å². The van der Waals surface area contributed by atoms with Crippen LogP contribution >= 0.6 is 22.6 Å². The Bertz CT molecular complexity index is 2100. The van der Waals surface area contributed by atoms with Crippen molar-refractivity contribution in [2.75, 3.05) is 45.8 Å². The summed E-state index contributed by atoms with van der Waals surface area (Å²) in [5, 5.41) is 3.34. The number of carbonyl (C=O) groups excluding carboxylic acids is 3. The van der Waals surface area contributed by atoms with Gasteiger partial charge in [0.15, 0.2) is 0 Å². The lowest BCUT2D eigenvalue weighted by atomic mass is 9.86. The van der Waals surface area contributed by atoms with E-state index >= 15 is 0 Å². The van der Waals surface area contributed by atoms with Crippen molar-refractivity contribution in [3.63, 3.8) is 0 Å². The first-order chi connectivity index (χ1) is 29.6. The molecule has 1 saturated heterocycles. The molecule has 0 radical (unpaired) electrons. The average molecular weight is 944 g/mol. The fraction of sp³-hybridized carbons (Fsp3) is 0.479. The Morgan fingerprint density at radius 2 is 1.59 bits per heavy atom. The highest BCUT2D eigenvalue weighted by atomic mass is 127. The minimum atomic E-state index is -2.69. The summed E-state index contributed by atoms with van der Waals surface area (Å²) in [4.78, 5) is 58.4. The quantitative estimate of drug-likeness (QED) is 0.0397. The van der Waals surface area contributed by atoms with Gasteiger partial charge in [0.2, 0.25) is 11.8 Å². The molecular weight excluding hydrogens is 887 g/mol. The average Bonchev–Trinajstić information content (AvgIpc) is 3.52. The van der Waals surface area contributed by atoms with E-state index in [4.69, 9.17) is 4.98 Å². The van der Waals surface area contributed by atoms with Crippen molar-refractivity contribution in [1.29, 1.82) is 0 Å². The molecule has 13 heteroatoms. The highest BCUT2D eigenvalue weighted by molar-refractivity contribution is 14.1. The number of aryl methyl sites for hydroxylation is 1. The molecule has 61 heavy (non-hydrogen) atoms. The van der Waals surface area contributed by atoms with E-state index in [2.05, 4.69) is 65.8 Å². The number of fused-ring (bicyclic) bond motifs is 2. The molecule has 2 fully saturated rings. The van der Waals surface area contributed by atoms with Crippen LogP contribution in [0, 0.1) is 5.92 Å². The van der Waals surface area contributed by atoms with E-state index < -0.39 is 15.4 Å². The summed E-state index contributed by atoms with van der Waals surface area (Å²) >= 11 is 2.38. The molecule has 2 aliphatic carbocycles.